The molecular formula is C18H17Cl2NO3. The summed E-state index contributed by atoms with van der Waals surface area (Å²) in [6.07, 6.45) is 0. The van der Waals surface area contributed by atoms with Crippen LogP contribution < -0.4 is 4.90 Å². The van der Waals surface area contributed by atoms with Crippen LogP contribution in [-0.4, -0.2) is 24.5 Å². The summed E-state index contributed by atoms with van der Waals surface area (Å²) in [4.78, 5) is 26.2. The highest BCUT2D eigenvalue weighted by Gasteiger charge is 2.22. The number of rotatable bonds is 5. The van der Waals surface area contributed by atoms with Crippen molar-refractivity contribution in [2.75, 3.05) is 11.5 Å². The standard InChI is InChI=1S/C18H17Cl2NO3/c1-12(2)21(13-7-4-3-5-8-13)16(22)11-24-18(23)17-14(19)9-6-10-15(17)20/h3-10,12H,11H2,1-2H3. The highest BCUT2D eigenvalue weighted by molar-refractivity contribution is 6.39. The Kier molecular flexibility index (Phi) is 6.23. The third-order valence-electron chi connectivity index (χ3n) is 3.31. The molecule has 0 saturated carbocycles. The van der Waals surface area contributed by atoms with E-state index in [1.54, 1.807) is 11.0 Å². The smallest absolute Gasteiger partial charge is 0.341 e. The van der Waals surface area contributed by atoms with Gasteiger partial charge in [-0.1, -0.05) is 47.5 Å². The average molecular weight is 366 g/mol. The number of esters is 1. The van der Waals surface area contributed by atoms with Gasteiger partial charge in [0.15, 0.2) is 6.61 Å². The number of carbonyl (C=O) groups is 2. The Morgan fingerprint density at radius 3 is 2.12 bits per heavy atom. The van der Waals surface area contributed by atoms with Gasteiger partial charge in [-0.3, -0.25) is 4.79 Å². The molecule has 0 aliphatic heterocycles. The van der Waals surface area contributed by atoms with Gasteiger partial charge in [0.1, 0.15) is 0 Å². The number of nitrogens with zero attached hydrogens (tertiary/aromatic N) is 1. The fourth-order valence-corrected chi connectivity index (χ4v) is 2.83. The van der Waals surface area contributed by atoms with E-state index in [4.69, 9.17) is 27.9 Å². The molecule has 0 aliphatic carbocycles. The fraction of sp³-hybridized carbons (Fsp3) is 0.222. The van der Waals surface area contributed by atoms with Gasteiger partial charge in [0.25, 0.3) is 5.91 Å². The maximum Gasteiger partial charge on any atom is 0.341 e. The Hall–Kier alpha value is -2.04. The SMILES string of the molecule is CC(C)N(C(=O)COC(=O)c1c(Cl)cccc1Cl)c1ccccc1. The van der Waals surface area contributed by atoms with Crippen LogP contribution in [0.25, 0.3) is 0 Å². The van der Waals surface area contributed by atoms with Crippen LogP contribution in [0.5, 0.6) is 0 Å². The molecule has 0 unspecified atom stereocenters. The van der Waals surface area contributed by atoms with E-state index in [0.717, 1.165) is 5.69 Å². The molecule has 24 heavy (non-hydrogen) atoms. The number of ether oxygens (including phenoxy) is 1. The van der Waals surface area contributed by atoms with E-state index in [1.165, 1.54) is 12.1 Å². The molecule has 2 aromatic rings. The molecule has 6 heteroatoms. The Morgan fingerprint density at radius 1 is 1.00 bits per heavy atom. The second-order valence-corrected chi connectivity index (χ2v) is 6.18. The molecule has 0 atom stereocenters. The van der Waals surface area contributed by atoms with Crippen molar-refractivity contribution in [3.05, 3.63) is 64.1 Å². The van der Waals surface area contributed by atoms with Crippen LogP contribution in [0.3, 0.4) is 0 Å². The summed E-state index contributed by atoms with van der Waals surface area (Å²) in [6, 6.07) is 13.8. The van der Waals surface area contributed by atoms with Gasteiger partial charge in [-0.2, -0.15) is 0 Å². The molecule has 0 N–H and O–H groups in total. The van der Waals surface area contributed by atoms with Crippen LogP contribution in [-0.2, 0) is 9.53 Å². The highest BCUT2D eigenvalue weighted by atomic mass is 35.5. The number of hydrogen-bond donors (Lipinski definition) is 0. The molecule has 1 amide bonds. The second kappa shape index (κ2) is 8.18. The van der Waals surface area contributed by atoms with Crippen molar-refractivity contribution >= 4 is 40.8 Å². The molecule has 0 aliphatic rings. The van der Waals surface area contributed by atoms with E-state index >= 15 is 0 Å². The van der Waals surface area contributed by atoms with E-state index < -0.39 is 12.6 Å². The molecule has 0 fully saturated rings. The minimum atomic E-state index is -0.726. The molecule has 0 bridgehead atoms. The lowest BCUT2D eigenvalue weighted by Gasteiger charge is -2.26. The second-order valence-electron chi connectivity index (χ2n) is 5.37. The molecule has 2 rings (SSSR count). The predicted octanol–water partition coefficient (Wildman–Crippen LogP) is 4.59. The van der Waals surface area contributed by atoms with E-state index in [9.17, 15) is 9.59 Å². The Labute approximate surface area is 150 Å². The third kappa shape index (κ3) is 4.28. The van der Waals surface area contributed by atoms with Crippen LogP contribution in [0, 0.1) is 0 Å². The molecule has 2 aromatic carbocycles. The summed E-state index contributed by atoms with van der Waals surface area (Å²) in [6.45, 7) is 3.38. The van der Waals surface area contributed by atoms with Crippen LogP contribution in [0.1, 0.15) is 24.2 Å². The van der Waals surface area contributed by atoms with E-state index in [1.807, 2.05) is 44.2 Å². The Balaban J connectivity index is 2.10. The molecule has 0 saturated heterocycles. The van der Waals surface area contributed by atoms with Crippen molar-refractivity contribution < 1.29 is 14.3 Å². The lowest BCUT2D eigenvalue weighted by atomic mass is 10.2. The van der Waals surface area contributed by atoms with Crippen LogP contribution in [0.4, 0.5) is 5.69 Å². The van der Waals surface area contributed by atoms with Gasteiger partial charge in [0.2, 0.25) is 0 Å². The zero-order valence-electron chi connectivity index (χ0n) is 13.3. The molecule has 0 radical (unpaired) electrons. The lowest BCUT2D eigenvalue weighted by molar-refractivity contribution is -0.122. The first-order chi connectivity index (χ1) is 11.4. The number of carbonyl (C=O) groups excluding carboxylic acids is 2. The molecule has 4 nitrogen and oxygen atoms in total. The van der Waals surface area contributed by atoms with Crippen molar-refractivity contribution in [3.8, 4) is 0 Å². The van der Waals surface area contributed by atoms with Gasteiger partial charge < -0.3 is 9.64 Å². The summed E-state index contributed by atoms with van der Waals surface area (Å²) in [7, 11) is 0. The van der Waals surface area contributed by atoms with E-state index in [0.29, 0.717) is 0 Å². The zero-order valence-corrected chi connectivity index (χ0v) is 14.8. The topological polar surface area (TPSA) is 46.6 Å². The van der Waals surface area contributed by atoms with Gasteiger partial charge in [-0.15, -0.1) is 0 Å². The first-order valence-corrected chi connectivity index (χ1v) is 8.15. The first-order valence-electron chi connectivity index (χ1n) is 7.40. The number of halogens is 2. The molecule has 126 valence electrons. The van der Waals surface area contributed by atoms with Crippen molar-refractivity contribution in [2.45, 2.75) is 19.9 Å². The van der Waals surface area contributed by atoms with Gasteiger partial charge in [-0.25, -0.2) is 4.79 Å². The summed E-state index contributed by atoms with van der Waals surface area (Å²) >= 11 is 11.9. The number of amides is 1. The van der Waals surface area contributed by atoms with Gasteiger partial charge >= 0.3 is 5.97 Å². The van der Waals surface area contributed by atoms with Gasteiger partial charge in [0.05, 0.1) is 15.6 Å². The Morgan fingerprint density at radius 2 is 1.58 bits per heavy atom. The first kappa shape index (κ1) is 18.3. The highest BCUT2D eigenvalue weighted by Crippen LogP contribution is 2.25. The Bertz CT molecular complexity index is 712. The largest absolute Gasteiger partial charge is 0.452 e. The summed E-state index contributed by atoms with van der Waals surface area (Å²) < 4.78 is 5.11. The maximum absolute atomic E-state index is 12.5. The average Bonchev–Trinajstić information content (AvgIpc) is 2.53. The molecule has 0 aromatic heterocycles. The van der Waals surface area contributed by atoms with Crippen LogP contribution >= 0.6 is 23.2 Å². The van der Waals surface area contributed by atoms with E-state index in [-0.39, 0.29) is 27.6 Å². The third-order valence-corrected chi connectivity index (χ3v) is 3.94. The van der Waals surface area contributed by atoms with Crippen molar-refractivity contribution in [1.82, 2.24) is 0 Å². The summed E-state index contributed by atoms with van der Waals surface area (Å²) in [5.74, 6) is -1.05. The quantitative estimate of drug-likeness (QED) is 0.727. The minimum absolute atomic E-state index is 0.0597. The number of anilines is 1. The normalized spacial score (nSPS) is 10.5. The molecule has 0 heterocycles. The lowest BCUT2D eigenvalue weighted by Crippen LogP contribution is -2.39. The maximum atomic E-state index is 12.5. The molecular weight excluding hydrogens is 349 g/mol. The van der Waals surface area contributed by atoms with Crippen molar-refractivity contribution in [2.24, 2.45) is 0 Å². The van der Waals surface area contributed by atoms with Crippen LogP contribution in [0.2, 0.25) is 10.0 Å². The monoisotopic (exact) mass is 365 g/mol. The van der Waals surface area contributed by atoms with Crippen molar-refractivity contribution in [1.29, 1.82) is 0 Å². The molecule has 0 spiro atoms. The zero-order chi connectivity index (χ0) is 17.7. The fourth-order valence-electron chi connectivity index (χ4n) is 2.28. The predicted molar refractivity (Wildman–Crippen MR) is 95.8 cm³/mol. The van der Waals surface area contributed by atoms with Gasteiger partial charge in [0, 0.05) is 11.7 Å². The summed E-state index contributed by atoms with van der Waals surface area (Å²) in [5, 5.41) is 0.368. The van der Waals surface area contributed by atoms with Gasteiger partial charge in [-0.05, 0) is 38.1 Å². The number of para-hydroxylation sites is 1. The van der Waals surface area contributed by atoms with E-state index in [2.05, 4.69) is 0 Å². The summed E-state index contributed by atoms with van der Waals surface area (Å²) in [5.41, 5.74) is 0.800. The number of benzene rings is 2. The van der Waals surface area contributed by atoms with Crippen LogP contribution in [0.15, 0.2) is 48.5 Å². The minimum Gasteiger partial charge on any atom is -0.452 e. The van der Waals surface area contributed by atoms with Crippen molar-refractivity contribution in [3.63, 3.8) is 0 Å². The number of hydrogen-bond acceptors (Lipinski definition) is 3.